The molecule has 0 unspecified atom stereocenters. The Bertz CT molecular complexity index is 1150. The highest BCUT2D eigenvalue weighted by atomic mass is 32.2. The van der Waals surface area contributed by atoms with E-state index in [0.29, 0.717) is 18.8 Å². The van der Waals surface area contributed by atoms with Crippen LogP contribution in [-0.4, -0.2) is 42.3 Å². The van der Waals surface area contributed by atoms with Crippen LogP contribution >= 0.6 is 0 Å². The van der Waals surface area contributed by atoms with E-state index in [2.05, 4.69) is 17.4 Å². The number of carbonyl (C=O) groups excluding carboxylic acids is 1. The average molecular weight is 442 g/mol. The van der Waals surface area contributed by atoms with E-state index < -0.39 is 10.0 Å². The molecule has 0 radical (unpaired) electrons. The number of carbonyl (C=O) groups is 1. The number of rotatable bonds is 9. The molecular weight excluding hydrogens is 410 g/mol. The van der Waals surface area contributed by atoms with Gasteiger partial charge in [-0.15, -0.1) is 0 Å². The molecule has 0 spiro atoms. The summed E-state index contributed by atoms with van der Waals surface area (Å²) in [5.41, 5.74) is 2.58. The van der Waals surface area contributed by atoms with Crippen molar-refractivity contribution in [2.75, 3.05) is 13.1 Å². The Morgan fingerprint density at radius 2 is 1.74 bits per heavy atom. The summed E-state index contributed by atoms with van der Waals surface area (Å²) in [5, 5.41) is 3.80. The van der Waals surface area contributed by atoms with Crippen LogP contribution in [0, 0.1) is 0 Å². The molecule has 2 aromatic carbocycles. The van der Waals surface area contributed by atoms with Gasteiger partial charge in [0.25, 0.3) is 5.91 Å². The molecule has 0 aliphatic rings. The SMILES string of the molecule is CCN(CC)S(=O)(=O)c1ccc2c(c1)cc(C(=O)N[C@@H](C)CCc1ccccc1)n2C. The third-order valence-electron chi connectivity index (χ3n) is 5.68. The molecule has 0 aliphatic carbocycles. The zero-order valence-corrected chi connectivity index (χ0v) is 19.4. The maximum absolute atomic E-state index is 12.9. The standard InChI is InChI=1S/C24H31N3O3S/c1-5-27(6-2)31(29,30)21-14-15-22-20(16-21)17-23(26(22)4)24(28)25-18(3)12-13-19-10-8-7-9-11-19/h7-11,14-18H,5-6,12-13H2,1-4H3,(H,25,28)/t18-/m0/s1. The van der Waals surface area contributed by atoms with Gasteiger partial charge in [-0.1, -0.05) is 44.2 Å². The minimum Gasteiger partial charge on any atom is -0.348 e. The second-order valence-corrected chi connectivity index (χ2v) is 9.74. The largest absolute Gasteiger partial charge is 0.348 e. The Hall–Kier alpha value is -2.64. The van der Waals surface area contributed by atoms with Gasteiger partial charge in [-0.05, 0) is 49.6 Å². The number of hydrogen-bond acceptors (Lipinski definition) is 3. The Morgan fingerprint density at radius 1 is 1.06 bits per heavy atom. The first kappa shape index (κ1) is 23.0. The van der Waals surface area contributed by atoms with Gasteiger partial charge in [-0.2, -0.15) is 4.31 Å². The van der Waals surface area contributed by atoms with Gasteiger partial charge in [0.15, 0.2) is 0 Å². The van der Waals surface area contributed by atoms with E-state index >= 15 is 0 Å². The summed E-state index contributed by atoms with van der Waals surface area (Å²) in [6.45, 7) is 6.48. The molecule has 0 aliphatic heterocycles. The van der Waals surface area contributed by atoms with Gasteiger partial charge in [0, 0.05) is 37.1 Å². The number of nitrogens with zero attached hydrogens (tertiary/aromatic N) is 2. The van der Waals surface area contributed by atoms with Gasteiger partial charge in [-0.3, -0.25) is 4.79 Å². The van der Waals surface area contributed by atoms with Crippen LogP contribution < -0.4 is 5.32 Å². The lowest BCUT2D eigenvalue weighted by Gasteiger charge is -2.18. The number of aromatic nitrogens is 1. The summed E-state index contributed by atoms with van der Waals surface area (Å²) >= 11 is 0. The average Bonchev–Trinajstić information content (AvgIpc) is 3.10. The van der Waals surface area contributed by atoms with Crippen molar-refractivity contribution in [3.63, 3.8) is 0 Å². The van der Waals surface area contributed by atoms with Crippen molar-refractivity contribution < 1.29 is 13.2 Å². The second-order valence-electron chi connectivity index (χ2n) is 7.80. The molecular formula is C24H31N3O3S. The molecule has 31 heavy (non-hydrogen) atoms. The molecule has 166 valence electrons. The molecule has 0 bridgehead atoms. The predicted octanol–water partition coefficient (Wildman–Crippen LogP) is 3.96. The number of amides is 1. The van der Waals surface area contributed by atoms with Gasteiger partial charge in [0.1, 0.15) is 5.69 Å². The molecule has 1 aromatic heterocycles. The van der Waals surface area contributed by atoms with Crippen LogP contribution in [0.2, 0.25) is 0 Å². The maximum atomic E-state index is 12.9. The van der Waals surface area contributed by atoms with Gasteiger partial charge in [-0.25, -0.2) is 8.42 Å². The zero-order valence-electron chi connectivity index (χ0n) is 18.6. The quantitative estimate of drug-likeness (QED) is 0.546. The first-order chi connectivity index (χ1) is 14.8. The minimum atomic E-state index is -3.55. The van der Waals surface area contributed by atoms with Crippen molar-refractivity contribution >= 4 is 26.8 Å². The normalized spacial score (nSPS) is 12.9. The molecule has 3 rings (SSSR count). The molecule has 1 heterocycles. The molecule has 0 saturated heterocycles. The van der Waals surface area contributed by atoms with E-state index in [4.69, 9.17) is 0 Å². The topological polar surface area (TPSA) is 71.4 Å². The maximum Gasteiger partial charge on any atom is 0.268 e. The van der Waals surface area contributed by atoms with Crippen LogP contribution in [0.3, 0.4) is 0 Å². The first-order valence-corrected chi connectivity index (χ1v) is 12.2. The third kappa shape index (κ3) is 4.99. The lowest BCUT2D eigenvalue weighted by Crippen LogP contribution is -2.33. The highest BCUT2D eigenvalue weighted by Gasteiger charge is 2.23. The fourth-order valence-electron chi connectivity index (χ4n) is 3.82. The number of hydrogen-bond donors (Lipinski definition) is 1. The molecule has 7 heteroatoms. The van der Waals surface area contributed by atoms with E-state index in [1.807, 2.05) is 50.6 Å². The predicted molar refractivity (Wildman–Crippen MR) is 125 cm³/mol. The van der Waals surface area contributed by atoms with Crippen LogP contribution in [0.5, 0.6) is 0 Å². The van der Waals surface area contributed by atoms with Crippen molar-refractivity contribution in [3.05, 3.63) is 65.9 Å². The number of nitrogens with one attached hydrogen (secondary N) is 1. The molecule has 1 amide bonds. The van der Waals surface area contributed by atoms with Crippen LogP contribution in [0.15, 0.2) is 59.5 Å². The minimum absolute atomic E-state index is 0.0179. The van der Waals surface area contributed by atoms with Crippen molar-refractivity contribution in [3.8, 4) is 0 Å². The van der Waals surface area contributed by atoms with Crippen LogP contribution in [0.4, 0.5) is 0 Å². The molecule has 6 nitrogen and oxygen atoms in total. The zero-order chi connectivity index (χ0) is 22.6. The lowest BCUT2D eigenvalue weighted by atomic mass is 10.1. The summed E-state index contributed by atoms with van der Waals surface area (Å²) in [5.74, 6) is -0.160. The van der Waals surface area contributed by atoms with Crippen molar-refractivity contribution in [2.24, 2.45) is 7.05 Å². The Morgan fingerprint density at radius 3 is 2.39 bits per heavy atom. The molecule has 3 aromatic rings. The molecule has 1 N–H and O–H groups in total. The smallest absolute Gasteiger partial charge is 0.268 e. The van der Waals surface area contributed by atoms with Crippen LogP contribution in [0.1, 0.15) is 43.2 Å². The van der Waals surface area contributed by atoms with E-state index in [9.17, 15) is 13.2 Å². The number of sulfonamides is 1. The summed E-state index contributed by atoms with van der Waals surface area (Å²) in [4.78, 5) is 13.1. The van der Waals surface area contributed by atoms with Crippen molar-refractivity contribution in [1.29, 1.82) is 0 Å². The lowest BCUT2D eigenvalue weighted by molar-refractivity contribution is 0.0930. The van der Waals surface area contributed by atoms with E-state index in [1.54, 1.807) is 24.3 Å². The van der Waals surface area contributed by atoms with Crippen molar-refractivity contribution in [2.45, 2.75) is 44.6 Å². The van der Waals surface area contributed by atoms with E-state index in [-0.39, 0.29) is 16.8 Å². The fourth-order valence-corrected chi connectivity index (χ4v) is 5.31. The Labute approximate surface area is 184 Å². The second kappa shape index (κ2) is 9.66. The van der Waals surface area contributed by atoms with E-state index in [0.717, 1.165) is 23.7 Å². The Balaban J connectivity index is 1.77. The summed E-state index contributed by atoms with van der Waals surface area (Å²) in [7, 11) is -1.72. The highest BCUT2D eigenvalue weighted by Crippen LogP contribution is 2.24. The molecule has 0 saturated carbocycles. The van der Waals surface area contributed by atoms with Gasteiger partial charge < -0.3 is 9.88 Å². The third-order valence-corrected chi connectivity index (χ3v) is 7.72. The number of benzene rings is 2. The Kier molecular flexibility index (Phi) is 7.18. The van der Waals surface area contributed by atoms with Crippen molar-refractivity contribution in [1.82, 2.24) is 14.2 Å². The van der Waals surface area contributed by atoms with Crippen LogP contribution in [-0.2, 0) is 23.5 Å². The van der Waals surface area contributed by atoms with Gasteiger partial charge >= 0.3 is 0 Å². The summed E-state index contributed by atoms with van der Waals surface area (Å²) in [6.07, 6.45) is 1.73. The van der Waals surface area contributed by atoms with Gasteiger partial charge in [0.2, 0.25) is 10.0 Å². The fraction of sp³-hybridized carbons (Fsp3) is 0.375. The molecule has 0 fully saturated rings. The number of aryl methyl sites for hydroxylation is 2. The van der Waals surface area contributed by atoms with Crippen LogP contribution in [0.25, 0.3) is 10.9 Å². The van der Waals surface area contributed by atoms with Gasteiger partial charge in [0.05, 0.1) is 4.90 Å². The first-order valence-electron chi connectivity index (χ1n) is 10.7. The van der Waals surface area contributed by atoms with E-state index in [1.165, 1.54) is 9.87 Å². The summed E-state index contributed by atoms with van der Waals surface area (Å²) < 4.78 is 28.9. The summed E-state index contributed by atoms with van der Waals surface area (Å²) in [6, 6.07) is 17.0. The molecule has 1 atom stereocenters. The monoisotopic (exact) mass is 441 g/mol. The highest BCUT2D eigenvalue weighted by molar-refractivity contribution is 7.89. The number of fused-ring (bicyclic) bond motifs is 1.